The summed E-state index contributed by atoms with van der Waals surface area (Å²) in [4.78, 5) is 44.0. The molecule has 2 saturated heterocycles. The van der Waals surface area contributed by atoms with Crippen molar-refractivity contribution in [3.05, 3.63) is 48.2 Å². The molecule has 2 fully saturated rings. The van der Waals surface area contributed by atoms with E-state index in [2.05, 4.69) is 20.1 Å². The number of hydrogen-bond donors (Lipinski definition) is 3. The van der Waals surface area contributed by atoms with Crippen molar-refractivity contribution in [2.45, 2.75) is 63.6 Å². The van der Waals surface area contributed by atoms with Crippen LogP contribution in [0, 0.1) is 0 Å². The van der Waals surface area contributed by atoms with Crippen LogP contribution in [-0.4, -0.2) is 69.4 Å². The molecule has 190 valence electrons. The van der Waals surface area contributed by atoms with Crippen LogP contribution in [0.25, 0.3) is 28.3 Å². The van der Waals surface area contributed by atoms with Crippen LogP contribution in [0.1, 0.15) is 61.5 Å². The van der Waals surface area contributed by atoms with E-state index in [1.165, 1.54) is 18.4 Å². The largest absolute Gasteiger partial charge is 0.384 e. The Labute approximate surface area is 212 Å². The molecular formula is C26H28N8O3. The molecule has 0 unspecified atom stereocenters. The number of aliphatic hydroxyl groups excluding tert-OH is 1. The highest BCUT2D eigenvalue weighted by Gasteiger charge is 2.45. The molecule has 2 aliphatic heterocycles. The van der Waals surface area contributed by atoms with Crippen molar-refractivity contribution < 1.29 is 14.7 Å². The number of aliphatic hydroxyl groups is 1. The Balaban J connectivity index is 1.41. The number of Topliss-reactive ketones (excluding diaryl/α,β-unsaturated/α-hetero) is 1. The lowest BCUT2D eigenvalue weighted by molar-refractivity contribution is -0.144. The van der Waals surface area contributed by atoms with E-state index in [0.29, 0.717) is 41.3 Å². The number of nitrogens with zero attached hydrogens (tertiary/aromatic N) is 6. The molecule has 6 rings (SSSR count). The van der Waals surface area contributed by atoms with Crippen molar-refractivity contribution in [3.63, 3.8) is 0 Å². The average molecular weight is 501 g/mol. The number of nitrogen functional groups attached to an aromatic ring is 1. The van der Waals surface area contributed by atoms with Gasteiger partial charge in [-0.15, -0.1) is 0 Å². The van der Waals surface area contributed by atoms with Crippen LogP contribution in [0.3, 0.4) is 0 Å². The number of pyridine rings is 1. The summed E-state index contributed by atoms with van der Waals surface area (Å²) in [5.74, 6) is 0.498. The number of carbonyl (C=O) groups excluding carboxylic acids is 2. The molecule has 4 N–H and O–H groups in total. The first-order valence-electron chi connectivity index (χ1n) is 12.5. The number of aromatic amines is 1. The Bertz CT molecular complexity index is 1480. The minimum atomic E-state index is -1.03. The molecule has 2 bridgehead atoms. The number of piperidine rings is 1. The summed E-state index contributed by atoms with van der Waals surface area (Å²) in [7, 11) is 0. The fourth-order valence-electron chi connectivity index (χ4n) is 5.97. The Kier molecular flexibility index (Phi) is 5.52. The molecule has 11 nitrogen and oxygen atoms in total. The number of nitrogens with two attached hydrogens (primary N) is 1. The highest BCUT2D eigenvalue weighted by Crippen LogP contribution is 2.44. The lowest BCUT2D eigenvalue weighted by Crippen LogP contribution is -2.49. The smallest absolute Gasteiger partial charge is 0.251 e. The number of carbonyl (C=O) groups is 2. The molecule has 0 aliphatic carbocycles. The third kappa shape index (κ3) is 3.77. The minimum Gasteiger partial charge on any atom is -0.384 e. The number of H-pyrrole nitrogens is 1. The van der Waals surface area contributed by atoms with Crippen molar-refractivity contribution in [2.75, 3.05) is 5.73 Å². The fourth-order valence-corrected chi connectivity index (χ4v) is 5.97. The van der Waals surface area contributed by atoms with Crippen LogP contribution >= 0.6 is 0 Å². The predicted octanol–water partition coefficient (Wildman–Crippen LogP) is 2.58. The minimum absolute atomic E-state index is 0.00707. The zero-order valence-electron chi connectivity index (χ0n) is 20.6. The van der Waals surface area contributed by atoms with Gasteiger partial charge in [-0.25, -0.2) is 9.97 Å². The number of anilines is 1. The van der Waals surface area contributed by atoms with Crippen molar-refractivity contribution in [1.82, 2.24) is 34.4 Å². The molecule has 0 radical (unpaired) electrons. The van der Waals surface area contributed by atoms with E-state index in [0.717, 1.165) is 24.0 Å². The van der Waals surface area contributed by atoms with Gasteiger partial charge in [-0.05, 0) is 45.6 Å². The number of hydrogen-bond acceptors (Lipinski definition) is 8. The standard InChI is InChI=1S/C26H28N8O3/c1-13(35)21-22(16-9-17-4-5-18(10-16)33(17)26(37)14(2)36)32-25-19(12-31-34(25)23(21)27)15-3-6-20(30-11-15)24-28-7-8-29-24/h3,6-8,11-12,14,16-18,36H,4-5,9-10,27H2,1-2H3,(H,28,29)/t14-,16-,17+,18-/m1/s1. The summed E-state index contributed by atoms with van der Waals surface area (Å²) in [6.07, 6.45) is 8.90. The zero-order valence-corrected chi connectivity index (χ0v) is 20.6. The fraction of sp³-hybridized carbons (Fsp3) is 0.385. The monoisotopic (exact) mass is 500 g/mol. The van der Waals surface area contributed by atoms with Gasteiger partial charge in [-0.2, -0.15) is 9.61 Å². The van der Waals surface area contributed by atoms with Crippen LogP contribution < -0.4 is 5.73 Å². The van der Waals surface area contributed by atoms with Crippen LogP contribution in [0.15, 0.2) is 36.9 Å². The van der Waals surface area contributed by atoms with E-state index in [1.807, 2.05) is 17.0 Å². The number of ketones is 1. The summed E-state index contributed by atoms with van der Waals surface area (Å²) in [6, 6.07) is 3.82. The Morgan fingerprint density at radius 2 is 1.92 bits per heavy atom. The van der Waals surface area contributed by atoms with Gasteiger partial charge in [-0.3, -0.25) is 14.6 Å². The maximum Gasteiger partial charge on any atom is 0.251 e. The SMILES string of the molecule is CC(=O)c1c([C@H]2C[C@H]3CC[C@@H](C2)N3C(=O)[C@@H](C)O)nc2c(-c3ccc(-c4ncc[nH]4)nc3)cnn2c1N. The molecule has 0 saturated carbocycles. The normalized spacial score (nSPS) is 21.9. The Morgan fingerprint density at radius 3 is 2.51 bits per heavy atom. The molecule has 4 aromatic rings. The first-order valence-corrected chi connectivity index (χ1v) is 12.5. The summed E-state index contributed by atoms with van der Waals surface area (Å²) < 4.78 is 1.51. The van der Waals surface area contributed by atoms with E-state index in [4.69, 9.17) is 10.7 Å². The number of imidazole rings is 1. The van der Waals surface area contributed by atoms with Crippen molar-refractivity contribution in [3.8, 4) is 22.6 Å². The first kappa shape index (κ1) is 23.3. The molecule has 6 heterocycles. The molecule has 0 spiro atoms. The van der Waals surface area contributed by atoms with Crippen LogP contribution in [0.4, 0.5) is 5.82 Å². The number of nitrogens with one attached hydrogen (secondary N) is 1. The van der Waals surface area contributed by atoms with Crippen molar-refractivity contribution in [1.29, 1.82) is 0 Å². The molecule has 37 heavy (non-hydrogen) atoms. The van der Waals surface area contributed by atoms with Crippen LogP contribution in [0.5, 0.6) is 0 Å². The van der Waals surface area contributed by atoms with Crippen LogP contribution in [0.2, 0.25) is 0 Å². The van der Waals surface area contributed by atoms with Crippen molar-refractivity contribution in [2.24, 2.45) is 0 Å². The van der Waals surface area contributed by atoms with Gasteiger partial charge in [0.15, 0.2) is 17.3 Å². The topological polar surface area (TPSA) is 155 Å². The van der Waals surface area contributed by atoms with E-state index in [9.17, 15) is 14.7 Å². The molecule has 4 aromatic heterocycles. The Morgan fingerprint density at radius 1 is 1.16 bits per heavy atom. The van der Waals surface area contributed by atoms with E-state index < -0.39 is 6.10 Å². The highest BCUT2D eigenvalue weighted by molar-refractivity contribution is 6.00. The number of fused-ring (bicyclic) bond motifs is 3. The van der Waals surface area contributed by atoms with Crippen LogP contribution in [-0.2, 0) is 4.79 Å². The van der Waals surface area contributed by atoms with Gasteiger partial charge in [0.2, 0.25) is 0 Å². The second-order valence-electron chi connectivity index (χ2n) is 9.95. The van der Waals surface area contributed by atoms with Gasteiger partial charge in [0.1, 0.15) is 17.6 Å². The first-order chi connectivity index (χ1) is 17.8. The maximum atomic E-state index is 12.8. The van der Waals surface area contributed by atoms with Gasteiger partial charge < -0.3 is 20.7 Å². The third-order valence-electron chi connectivity index (χ3n) is 7.61. The molecule has 0 aromatic carbocycles. The second kappa shape index (κ2) is 8.77. The lowest BCUT2D eigenvalue weighted by Gasteiger charge is -2.39. The second-order valence-corrected chi connectivity index (χ2v) is 9.95. The number of rotatable bonds is 5. The van der Waals surface area contributed by atoms with Gasteiger partial charge in [0, 0.05) is 47.7 Å². The predicted molar refractivity (Wildman–Crippen MR) is 136 cm³/mol. The van der Waals surface area contributed by atoms with Gasteiger partial charge >= 0.3 is 0 Å². The summed E-state index contributed by atoms with van der Waals surface area (Å²) in [5.41, 5.74) is 10.4. The number of amides is 1. The quantitative estimate of drug-likeness (QED) is 0.353. The molecular weight excluding hydrogens is 472 g/mol. The zero-order chi connectivity index (χ0) is 25.8. The molecule has 2 aliphatic rings. The van der Waals surface area contributed by atoms with Gasteiger partial charge in [0.25, 0.3) is 5.91 Å². The molecule has 4 atom stereocenters. The Hall–Kier alpha value is -4.12. The highest BCUT2D eigenvalue weighted by atomic mass is 16.3. The maximum absolute atomic E-state index is 12.8. The molecule has 11 heteroatoms. The summed E-state index contributed by atoms with van der Waals surface area (Å²) in [6.45, 7) is 3.00. The summed E-state index contributed by atoms with van der Waals surface area (Å²) in [5, 5.41) is 14.3. The van der Waals surface area contributed by atoms with E-state index in [1.54, 1.807) is 24.8 Å². The van der Waals surface area contributed by atoms with Gasteiger partial charge in [0.05, 0.1) is 17.5 Å². The van der Waals surface area contributed by atoms with Gasteiger partial charge in [-0.1, -0.05) is 6.07 Å². The average Bonchev–Trinajstić information content (AvgIpc) is 3.62. The third-order valence-corrected chi connectivity index (χ3v) is 7.61. The van der Waals surface area contributed by atoms with E-state index >= 15 is 0 Å². The lowest BCUT2D eigenvalue weighted by atomic mass is 9.85. The van der Waals surface area contributed by atoms with E-state index in [-0.39, 0.29) is 35.5 Å². The summed E-state index contributed by atoms with van der Waals surface area (Å²) >= 11 is 0. The van der Waals surface area contributed by atoms with Crippen molar-refractivity contribution >= 4 is 23.2 Å². The molecule has 1 amide bonds. The number of aromatic nitrogens is 6.